The summed E-state index contributed by atoms with van der Waals surface area (Å²) in [5.41, 5.74) is 1.84. The molecule has 6 nitrogen and oxygen atoms in total. The van der Waals surface area contributed by atoms with Crippen molar-refractivity contribution in [3.05, 3.63) is 54.1 Å². The smallest absolute Gasteiger partial charge is 0.239 e. The van der Waals surface area contributed by atoms with Crippen molar-refractivity contribution in [2.75, 3.05) is 32.5 Å². The number of ether oxygens (including phenoxy) is 1. The molecule has 1 saturated heterocycles. The van der Waals surface area contributed by atoms with Crippen LogP contribution in [0.25, 0.3) is 0 Å². The normalized spacial score (nSPS) is 16.6. The third kappa shape index (κ3) is 5.10. The first-order valence-electron chi connectivity index (χ1n) is 9.52. The zero-order valence-corrected chi connectivity index (χ0v) is 16.6. The van der Waals surface area contributed by atoms with Gasteiger partial charge in [-0.15, -0.1) is 0 Å². The Morgan fingerprint density at radius 2 is 1.89 bits per heavy atom. The van der Waals surface area contributed by atoms with Crippen molar-refractivity contribution < 1.29 is 14.3 Å². The summed E-state index contributed by atoms with van der Waals surface area (Å²) in [6.07, 6.45) is 1.73. The SMILES string of the molecule is Cc1cccc(Oc2ccc(NC(=O)CN3CCCC3C(=O)N(C)C)cc2)c1. The number of anilines is 1. The maximum absolute atomic E-state index is 12.4. The van der Waals surface area contributed by atoms with E-state index in [0.29, 0.717) is 11.4 Å². The molecular weight excluding hydrogens is 354 g/mol. The Morgan fingerprint density at radius 1 is 1.14 bits per heavy atom. The summed E-state index contributed by atoms with van der Waals surface area (Å²) in [6, 6.07) is 14.9. The number of hydrogen-bond donors (Lipinski definition) is 1. The number of likely N-dealkylation sites (tertiary alicyclic amines) is 1. The molecule has 2 aromatic rings. The van der Waals surface area contributed by atoms with Gasteiger partial charge >= 0.3 is 0 Å². The Bertz CT molecular complexity index is 833. The van der Waals surface area contributed by atoms with Crippen LogP contribution in [0.4, 0.5) is 5.69 Å². The molecule has 1 atom stereocenters. The van der Waals surface area contributed by atoms with Crippen molar-refractivity contribution >= 4 is 17.5 Å². The lowest BCUT2D eigenvalue weighted by molar-refractivity contribution is -0.133. The molecule has 1 aliphatic rings. The lowest BCUT2D eigenvalue weighted by Crippen LogP contribution is -2.45. The van der Waals surface area contributed by atoms with E-state index in [9.17, 15) is 9.59 Å². The third-order valence-corrected chi connectivity index (χ3v) is 4.80. The predicted octanol–water partition coefficient (Wildman–Crippen LogP) is 3.28. The fraction of sp³-hybridized carbons (Fsp3) is 0.364. The van der Waals surface area contributed by atoms with Crippen LogP contribution >= 0.6 is 0 Å². The molecule has 2 amide bonds. The van der Waals surface area contributed by atoms with Crippen molar-refractivity contribution in [3.63, 3.8) is 0 Å². The summed E-state index contributed by atoms with van der Waals surface area (Å²) in [7, 11) is 3.50. The Hall–Kier alpha value is -2.86. The first kappa shape index (κ1) is 19.9. The van der Waals surface area contributed by atoms with Crippen LogP contribution in [0.15, 0.2) is 48.5 Å². The molecule has 0 radical (unpaired) electrons. The maximum Gasteiger partial charge on any atom is 0.239 e. The van der Waals surface area contributed by atoms with Crippen LogP contribution in [0, 0.1) is 6.92 Å². The molecule has 0 saturated carbocycles. The number of nitrogens with zero attached hydrogens (tertiary/aromatic N) is 2. The fourth-order valence-electron chi connectivity index (χ4n) is 3.40. The lowest BCUT2D eigenvalue weighted by Gasteiger charge is -2.25. The minimum atomic E-state index is -0.203. The van der Waals surface area contributed by atoms with Gasteiger partial charge in [0.1, 0.15) is 11.5 Å². The minimum Gasteiger partial charge on any atom is -0.457 e. The number of likely N-dealkylation sites (N-methyl/N-ethyl adjacent to an activating group) is 1. The van der Waals surface area contributed by atoms with Crippen LogP contribution in [0.2, 0.25) is 0 Å². The van der Waals surface area contributed by atoms with E-state index < -0.39 is 0 Å². The number of amides is 2. The van der Waals surface area contributed by atoms with Gasteiger partial charge in [0.2, 0.25) is 11.8 Å². The topological polar surface area (TPSA) is 61.9 Å². The molecule has 1 N–H and O–H groups in total. The van der Waals surface area contributed by atoms with Crippen molar-refractivity contribution in [3.8, 4) is 11.5 Å². The molecule has 1 aliphatic heterocycles. The summed E-state index contributed by atoms with van der Waals surface area (Å²) >= 11 is 0. The number of carbonyl (C=O) groups is 2. The summed E-state index contributed by atoms with van der Waals surface area (Å²) < 4.78 is 5.83. The van der Waals surface area contributed by atoms with E-state index in [1.807, 2.05) is 60.4 Å². The van der Waals surface area contributed by atoms with Crippen molar-refractivity contribution in [1.29, 1.82) is 0 Å². The van der Waals surface area contributed by atoms with Gasteiger partial charge in [-0.1, -0.05) is 12.1 Å². The van der Waals surface area contributed by atoms with Crippen molar-refractivity contribution in [2.24, 2.45) is 0 Å². The average Bonchev–Trinajstić information content (AvgIpc) is 3.10. The van der Waals surface area contributed by atoms with Gasteiger partial charge in [-0.2, -0.15) is 0 Å². The number of rotatable bonds is 6. The third-order valence-electron chi connectivity index (χ3n) is 4.80. The van der Waals surface area contributed by atoms with Gasteiger partial charge in [-0.3, -0.25) is 14.5 Å². The van der Waals surface area contributed by atoms with Gasteiger partial charge in [-0.05, 0) is 68.3 Å². The van der Waals surface area contributed by atoms with E-state index in [0.717, 1.165) is 30.7 Å². The highest BCUT2D eigenvalue weighted by Gasteiger charge is 2.32. The van der Waals surface area contributed by atoms with Gasteiger partial charge in [0, 0.05) is 19.8 Å². The second-order valence-electron chi connectivity index (χ2n) is 7.35. The molecular formula is C22H27N3O3. The highest BCUT2D eigenvalue weighted by atomic mass is 16.5. The van der Waals surface area contributed by atoms with Crippen molar-refractivity contribution in [2.45, 2.75) is 25.8 Å². The van der Waals surface area contributed by atoms with E-state index in [-0.39, 0.29) is 24.4 Å². The maximum atomic E-state index is 12.4. The Balaban J connectivity index is 1.55. The molecule has 6 heteroatoms. The fourth-order valence-corrected chi connectivity index (χ4v) is 3.40. The molecule has 0 bridgehead atoms. The molecule has 0 aliphatic carbocycles. The number of carbonyl (C=O) groups excluding carboxylic acids is 2. The predicted molar refractivity (Wildman–Crippen MR) is 110 cm³/mol. The molecule has 0 aromatic heterocycles. The summed E-state index contributed by atoms with van der Waals surface area (Å²) in [5.74, 6) is 1.43. The van der Waals surface area contributed by atoms with Crippen LogP contribution in [0.3, 0.4) is 0 Å². The lowest BCUT2D eigenvalue weighted by atomic mass is 10.2. The highest BCUT2D eigenvalue weighted by Crippen LogP contribution is 2.24. The van der Waals surface area contributed by atoms with E-state index in [1.54, 1.807) is 19.0 Å². The van der Waals surface area contributed by atoms with Gasteiger partial charge < -0.3 is 15.0 Å². The second-order valence-corrected chi connectivity index (χ2v) is 7.35. The number of nitrogens with one attached hydrogen (secondary N) is 1. The van der Waals surface area contributed by atoms with Gasteiger partial charge in [0.25, 0.3) is 0 Å². The molecule has 1 heterocycles. The first-order chi connectivity index (χ1) is 13.4. The molecule has 0 spiro atoms. The minimum absolute atomic E-state index is 0.0583. The van der Waals surface area contributed by atoms with Crippen LogP contribution in [0.5, 0.6) is 11.5 Å². The Morgan fingerprint density at radius 3 is 2.57 bits per heavy atom. The molecule has 1 fully saturated rings. The molecule has 28 heavy (non-hydrogen) atoms. The Labute approximate surface area is 166 Å². The standard InChI is InChI=1S/C22H27N3O3/c1-16-6-4-7-19(14-16)28-18-11-9-17(10-12-18)23-21(26)15-25-13-5-8-20(25)22(27)24(2)3/h4,6-7,9-12,14,20H,5,8,13,15H2,1-3H3,(H,23,26). The summed E-state index contributed by atoms with van der Waals surface area (Å²) in [5, 5.41) is 2.90. The monoisotopic (exact) mass is 381 g/mol. The number of benzene rings is 2. The zero-order chi connectivity index (χ0) is 20.1. The molecule has 1 unspecified atom stereocenters. The van der Waals surface area contributed by atoms with Crippen LogP contribution in [-0.4, -0.2) is 54.8 Å². The van der Waals surface area contributed by atoms with E-state index in [2.05, 4.69) is 5.32 Å². The number of hydrogen-bond acceptors (Lipinski definition) is 4. The second kappa shape index (κ2) is 8.89. The van der Waals surface area contributed by atoms with Crippen molar-refractivity contribution in [1.82, 2.24) is 9.80 Å². The molecule has 2 aromatic carbocycles. The quantitative estimate of drug-likeness (QED) is 0.834. The zero-order valence-electron chi connectivity index (χ0n) is 16.6. The van der Waals surface area contributed by atoms with Gasteiger partial charge in [-0.25, -0.2) is 0 Å². The van der Waals surface area contributed by atoms with Crippen LogP contribution in [0.1, 0.15) is 18.4 Å². The highest BCUT2D eigenvalue weighted by molar-refractivity contribution is 5.93. The van der Waals surface area contributed by atoms with Crippen LogP contribution in [-0.2, 0) is 9.59 Å². The molecule has 148 valence electrons. The summed E-state index contributed by atoms with van der Waals surface area (Å²) in [6.45, 7) is 3.00. The Kier molecular flexibility index (Phi) is 6.31. The van der Waals surface area contributed by atoms with E-state index in [1.165, 1.54) is 0 Å². The van der Waals surface area contributed by atoms with Crippen LogP contribution < -0.4 is 10.1 Å². The number of aryl methyl sites for hydroxylation is 1. The largest absolute Gasteiger partial charge is 0.457 e. The summed E-state index contributed by atoms with van der Waals surface area (Å²) in [4.78, 5) is 28.2. The van der Waals surface area contributed by atoms with E-state index >= 15 is 0 Å². The van der Waals surface area contributed by atoms with Gasteiger partial charge in [0.05, 0.1) is 12.6 Å². The van der Waals surface area contributed by atoms with E-state index in [4.69, 9.17) is 4.74 Å². The van der Waals surface area contributed by atoms with Gasteiger partial charge in [0.15, 0.2) is 0 Å². The average molecular weight is 381 g/mol. The first-order valence-corrected chi connectivity index (χ1v) is 9.52. The molecule has 3 rings (SSSR count).